The molecule has 0 atom stereocenters. The molecule has 1 aromatic heterocycles. The van der Waals surface area contributed by atoms with Gasteiger partial charge in [0.05, 0.1) is 11.0 Å². The van der Waals surface area contributed by atoms with Crippen LogP contribution in [0.1, 0.15) is 26.5 Å². The molecule has 3 heteroatoms. The van der Waals surface area contributed by atoms with Crippen LogP contribution >= 0.6 is 0 Å². The van der Waals surface area contributed by atoms with Gasteiger partial charge in [-0.1, -0.05) is 32.9 Å². The summed E-state index contributed by atoms with van der Waals surface area (Å²) in [6, 6.07) is 7.54. The van der Waals surface area contributed by atoms with E-state index in [2.05, 4.69) is 9.97 Å². The molecule has 1 heterocycles. The second-order valence-corrected chi connectivity index (χ2v) is 4.63. The van der Waals surface area contributed by atoms with Crippen molar-refractivity contribution in [2.24, 2.45) is 0 Å². The van der Waals surface area contributed by atoms with E-state index in [9.17, 15) is 5.11 Å². The Balaban J connectivity index is 2.73. The van der Waals surface area contributed by atoms with E-state index >= 15 is 0 Å². The van der Waals surface area contributed by atoms with Crippen molar-refractivity contribution >= 4 is 11.0 Å². The van der Waals surface area contributed by atoms with Crippen LogP contribution in [0.15, 0.2) is 24.3 Å². The van der Waals surface area contributed by atoms with Gasteiger partial charge in [-0.3, -0.25) is 0 Å². The fraction of sp³-hybridized carbons (Fsp3) is 0.333. The number of nitrogens with zero attached hydrogens (tertiary/aromatic N) is 2. The Kier molecular flexibility index (Phi) is 2.11. The molecule has 2 aromatic rings. The monoisotopic (exact) mass is 202 g/mol. The van der Waals surface area contributed by atoms with Crippen LogP contribution in [-0.4, -0.2) is 15.1 Å². The number of para-hydroxylation sites is 2. The van der Waals surface area contributed by atoms with Gasteiger partial charge in [-0.25, -0.2) is 9.97 Å². The van der Waals surface area contributed by atoms with E-state index in [0.29, 0.717) is 5.69 Å². The van der Waals surface area contributed by atoms with Crippen molar-refractivity contribution in [3.63, 3.8) is 0 Å². The van der Waals surface area contributed by atoms with Crippen LogP contribution in [0.3, 0.4) is 0 Å². The minimum Gasteiger partial charge on any atom is -0.492 e. The van der Waals surface area contributed by atoms with Crippen LogP contribution in [0.2, 0.25) is 0 Å². The van der Waals surface area contributed by atoms with Crippen molar-refractivity contribution in [3.8, 4) is 5.88 Å². The van der Waals surface area contributed by atoms with Gasteiger partial charge in [0.2, 0.25) is 5.88 Å². The molecule has 0 fully saturated rings. The van der Waals surface area contributed by atoms with Crippen molar-refractivity contribution in [1.29, 1.82) is 0 Å². The Morgan fingerprint density at radius 1 is 1.00 bits per heavy atom. The second-order valence-electron chi connectivity index (χ2n) is 4.63. The largest absolute Gasteiger partial charge is 0.492 e. The molecule has 1 N–H and O–H groups in total. The highest BCUT2D eigenvalue weighted by Gasteiger charge is 2.21. The molecule has 1 aromatic carbocycles. The van der Waals surface area contributed by atoms with E-state index < -0.39 is 0 Å². The van der Waals surface area contributed by atoms with Crippen LogP contribution in [0.4, 0.5) is 0 Å². The van der Waals surface area contributed by atoms with Gasteiger partial charge >= 0.3 is 0 Å². The summed E-state index contributed by atoms with van der Waals surface area (Å²) in [5.41, 5.74) is 1.99. The molecule has 0 amide bonds. The third-order valence-corrected chi connectivity index (χ3v) is 2.26. The molecule has 2 rings (SSSR count). The smallest absolute Gasteiger partial charge is 0.234 e. The van der Waals surface area contributed by atoms with E-state index in [1.807, 2.05) is 45.0 Å². The van der Waals surface area contributed by atoms with Gasteiger partial charge in [0.25, 0.3) is 0 Å². The minimum absolute atomic E-state index is 0.0289. The number of benzene rings is 1. The van der Waals surface area contributed by atoms with Crippen LogP contribution in [-0.2, 0) is 5.41 Å². The first-order chi connectivity index (χ1) is 6.98. The molecule has 0 unspecified atom stereocenters. The van der Waals surface area contributed by atoms with Crippen molar-refractivity contribution < 1.29 is 5.11 Å². The number of fused-ring (bicyclic) bond motifs is 1. The van der Waals surface area contributed by atoms with Crippen molar-refractivity contribution in [2.45, 2.75) is 26.2 Å². The highest BCUT2D eigenvalue weighted by atomic mass is 16.3. The third-order valence-electron chi connectivity index (χ3n) is 2.26. The summed E-state index contributed by atoms with van der Waals surface area (Å²) in [6.45, 7) is 6.02. The molecule has 0 saturated heterocycles. The summed E-state index contributed by atoms with van der Waals surface area (Å²) in [5, 5.41) is 9.77. The minimum atomic E-state index is -0.193. The van der Waals surface area contributed by atoms with Crippen molar-refractivity contribution in [3.05, 3.63) is 30.0 Å². The highest BCUT2D eigenvalue weighted by molar-refractivity contribution is 5.74. The first-order valence-electron chi connectivity index (χ1n) is 4.95. The summed E-state index contributed by atoms with van der Waals surface area (Å²) in [4.78, 5) is 8.57. The fourth-order valence-electron chi connectivity index (χ4n) is 1.49. The molecule has 0 aliphatic rings. The first-order valence-corrected chi connectivity index (χ1v) is 4.95. The van der Waals surface area contributed by atoms with E-state index in [4.69, 9.17) is 0 Å². The highest BCUT2D eigenvalue weighted by Crippen LogP contribution is 2.28. The molecular weight excluding hydrogens is 188 g/mol. The van der Waals surface area contributed by atoms with Gasteiger partial charge in [-0.05, 0) is 12.1 Å². The van der Waals surface area contributed by atoms with E-state index in [0.717, 1.165) is 11.0 Å². The third kappa shape index (κ3) is 1.77. The number of rotatable bonds is 0. The van der Waals surface area contributed by atoms with E-state index in [1.54, 1.807) is 0 Å². The topological polar surface area (TPSA) is 46.0 Å². The molecule has 0 radical (unpaired) electrons. The molecule has 3 nitrogen and oxygen atoms in total. The van der Waals surface area contributed by atoms with Crippen LogP contribution in [0.5, 0.6) is 5.88 Å². The van der Waals surface area contributed by atoms with Gasteiger partial charge in [-0.2, -0.15) is 0 Å². The van der Waals surface area contributed by atoms with Crippen LogP contribution in [0, 0.1) is 0 Å². The maximum atomic E-state index is 9.77. The lowest BCUT2D eigenvalue weighted by Gasteiger charge is -2.18. The summed E-state index contributed by atoms with van der Waals surface area (Å²) in [6.07, 6.45) is 0. The predicted molar refractivity (Wildman–Crippen MR) is 59.9 cm³/mol. The van der Waals surface area contributed by atoms with Gasteiger partial charge in [0.15, 0.2) is 0 Å². The quantitative estimate of drug-likeness (QED) is 0.714. The summed E-state index contributed by atoms with van der Waals surface area (Å²) in [7, 11) is 0. The molecule has 0 aliphatic carbocycles. The lowest BCUT2D eigenvalue weighted by Crippen LogP contribution is -2.14. The Bertz CT molecular complexity index is 500. The van der Waals surface area contributed by atoms with Gasteiger partial charge in [-0.15, -0.1) is 0 Å². The number of hydrogen-bond donors (Lipinski definition) is 1. The Labute approximate surface area is 88.8 Å². The summed E-state index contributed by atoms with van der Waals surface area (Å²) < 4.78 is 0. The average Bonchev–Trinajstić information content (AvgIpc) is 2.15. The molecule has 78 valence electrons. The predicted octanol–water partition coefficient (Wildman–Crippen LogP) is 2.63. The zero-order valence-electron chi connectivity index (χ0n) is 9.15. The normalized spacial score (nSPS) is 11.9. The lowest BCUT2D eigenvalue weighted by molar-refractivity contribution is 0.421. The van der Waals surface area contributed by atoms with Gasteiger partial charge in [0.1, 0.15) is 5.69 Å². The number of aromatic nitrogens is 2. The zero-order chi connectivity index (χ0) is 11.1. The van der Waals surface area contributed by atoms with Gasteiger partial charge in [0, 0.05) is 5.41 Å². The van der Waals surface area contributed by atoms with Gasteiger partial charge < -0.3 is 5.11 Å². The second kappa shape index (κ2) is 3.19. The maximum absolute atomic E-state index is 9.77. The SMILES string of the molecule is CC(C)(C)c1nc2ccccc2nc1O. The molecule has 0 aliphatic heterocycles. The maximum Gasteiger partial charge on any atom is 0.234 e. The molecule has 15 heavy (non-hydrogen) atoms. The Morgan fingerprint density at radius 2 is 1.53 bits per heavy atom. The molecule has 0 bridgehead atoms. The standard InChI is InChI=1S/C12H14N2O/c1-12(2,3)10-11(15)14-9-7-5-4-6-8(9)13-10/h4-7H,1-3H3,(H,14,15). The first kappa shape index (κ1) is 9.90. The number of hydrogen-bond acceptors (Lipinski definition) is 3. The van der Waals surface area contributed by atoms with Crippen molar-refractivity contribution in [2.75, 3.05) is 0 Å². The molecular formula is C12H14N2O. The fourth-order valence-corrected chi connectivity index (χ4v) is 1.49. The summed E-state index contributed by atoms with van der Waals surface area (Å²) >= 11 is 0. The van der Waals surface area contributed by atoms with E-state index in [1.165, 1.54) is 0 Å². The average molecular weight is 202 g/mol. The Morgan fingerprint density at radius 3 is 2.07 bits per heavy atom. The van der Waals surface area contributed by atoms with Crippen molar-refractivity contribution in [1.82, 2.24) is 9.97 Å². The molecule has 0 spiro atoms. The summed E-state index contributed by atoms with van der Waals surface area (Å²) in [5.74, 6) is 0.0289. The van der Waals surface area contributed by atoms with E-state index in [-0.39, 0.29) is 11.3 Å². The van der Waals surface area contributed by atoms with Crippen LogP contribution in [0.25, 0.3) is 11.0 Å². The van der Waals surface area contributed by atoms with Crippen LogP contribution < -0.4 is 0 Å². The Hall–Kier alpha value is -1.64. The zero-order valence-corrected chi connectivity index (χ0v) is 9.15. The molecule has 0 saturated carbocycles. The number of aromatic hydroxyl groups is 1. The lowest BCUT2D eigenvalue weighted by atomic mass is 9.92.